The Balaban J connectivity index is 2.41. The molecule has 2 N–H and O–H groups in total. The summed E-state index contributed by atoms with van der Waals surface area (Å²) in [6, 6.07) is 9.61. The van der Waals surface area contributed by atoms with Crippen molar-refractivity contribution < 1.29 is 4.74 Å². The van der Waals surface area contributed by atoms with Gasteiger partial charge in [0.05, 0.1) is 12.1 Å². The highest BCUT2D eigenvalue weighted by Gasteiger charge is 2.08. The molecule has 0 amide bonds. The van der Waals surface area contributed by atoms with Crippen molar-refractivity contribution in [1.82, 2.24) is 4.98 Å². The molecule has 2 rings (SSSR count). The van der Waals surface area contributed by atoms with Crippen LogP contribution in [0.1, 0.15) is 25.3 Å². The minimum Gasteiger partial charge on any atom is -0.478 e. The van der Waals surface area contributed by atoms with Crippen molar-refractivity contribution in [2.75, 3.05) is 6.61 Å². The van der Waals surface area contributed by atoms with Gasteiger partial charge in [-0.15, -0.1) is 0 Å². The van der Waals surface area contributed by atoms with Crippen molar-refractivity contribution in [2.45, 2.75) is 19.8 Å². The van der Waals surface area contributed by atoms with Crippen LogP contribution in [0.4, 0.5) is 0 Å². The zero-order chi connectivity index (χ0) is 13.0. The molecule has 0 aliphatic heterocycles. The lowest BCUT2D eigenvalue weighted by Crippen LogP contribution is -2.11. The largest absolute Gasteiger partial charge is 0.478 e. The number of hydrogen-bond donors (Lipinski definition) is 1. The van der Waals surface area contributed by atoms with Gasteiger partial charge < -0.3 is 10.5 Å². The van der Waals surface area contributed by atoms with Crippen molar-refractivity contribution in [3.05, 3.63) is 35.9 Å². The monoisotopic (exact) mass is 260 g/mol. The number of rotatable bonds is 5. The lowest BCUT2D eigenvalue weighted by atomic mass is 10.1. The summed E-state index contributed by atoms with van der Waals surface area (Å²) in [5.41, 5.74) is 7.43. The summed E-state index contributed by atoms with van der Waals surface area (Å²) in [5, 5.41) is 0.966. The molecule has 0 saturated carbocycles. The van der Waals surface area contributed by atoms with Gasteiger partial charge in [0.25, 0.3) is 0 Å². The SMILES string of the molecule is CCCCOc1cc(C(N)=S)c2ccccc2n1. The van der Waals surface area contributed by atoms with Crippen molar-refractivity contribution in [3.63, 3.8) is 0 Å². The zero-order valence-electron chi connectivity index (χ0n) is 10.3. The number of hydrogen-bond acceptors (Lipinski definition) is 3. The molecule has 3 nitrogen and oxygen atoms in total. The van der Waals surface area contributed by atoms with Crippen molar-refractivity contribution in [2.24, 2.45) is 5.73 Å². The number of pyridine rings is 1. The van der Waals surface area contributed by atoms with E-state index < -0.39 is 0 Å². The molecule has 0 aliphatic rings. The first-order chi connectivity index (χ1) is 8.72. The summed E-state index contributed by atoms with van der Waals surface area (Å²) >= 11 is 5.08. The van der Waals surface area contributed by atoms with E-state index in [9.17, 15) is 0 Å². The second-order valence-corrected chi connectivity index (χ2v) is 4.53. The van der Waals surface area contributed by atoms with Gasteiger partial charge in [-0.25, -0.2) is 4.98 Å². The first-order valence-corrected chi connectivity index (χ1v) is 6.45. The van der Waals surface area contributed by atoms with Crippen LogP contribution < -0.4 is 10.5 Å². The summed E-state index contributed by atoms with van der Waals surface area (Å²) < 4.78 is 5.62. The molecule has 2 aromatic rings. The molecule has 0 spiro atoms. The minimum absolute atomic E-state index is 0.369. The topological polar surface area (TPSA) is 48.1 Å². The molecular formula is C14H16N2OS. The first kappa shape index (κ1) is 12.8. The van der Waals surface area contributed by atoms with E-state index in [1.807, 2.05) is 30.3 Å². The number of thiocarbonyl (C=S) groups is 1. The normalized spacial score (nSPS) is 10.5. The molecule has 1 aromatic heterocycles. The van der Waals surface area contributed by atoms with E-state index in [0.29, 0.717) is 17.5 Å². The first-order valence-electron chi connectivity index (χ1n) is 6.04. The van der Waals surface area contributed by atoms with Gasteiger partial charge >= 0.3 is 0 Å². The van der Waals surface area contributed by atoms with Crippen LogP contribution in [0, 0.1) is 0 Å². The predicted molar refractivity (Wildman–Crippen MR) is 78.0 cm³/mol. The molecule has 0 fully saturated rings. The number of para-hydroxylation sites is 1. The van der Waals surface area contributed by atoms with E-state index in [4.69, 9.17) is 22.7 Å². The van der Waals surface area contributed by atoms with Gasteiger partial charge in [0.15, 0.2) is 0 Å². The maximum Gasteiger partial charge on any atom is 0.214 e. The number of nitrogens with zero attached hydrogens (tertiary/aromatic N) is 1. The Morgan fingerprint density at radius 3 is 2.89 bits per heavy atom. The van der Waals surface area contributed by atoms with E-state index >= 15 is 0 Å². The third kappa shape index (κ3) is 2.76. The lowest BCUT2D eigenvalue weighted by molar-refractivity contribution is 0.299. The molecule has 18 heavy (non-hydrogen) atoms. The van der Waals surface area contributed by atoms with Gasteiger partial charge in [0.1, 0.15) is 4.99 Å². The smallest absolute Gasteiger partial charge is 0.214 e. The Morgan fingerprint density at radius 1 is 1.39 bits per heavy atom. The maximum absolute atomic E-state index is 5.75. The number of benzene rings is 1. The van der Waals surface area contributed by atoms with Gasteiger partial charge in [-0.1, -0.05) is 43.8 Å². The highest BCUT2D eigenvalue weighted by atomic mass is 32.1. The Kier molecular flexibility index (Phi) is 4.10. The molecule has 1 aromatic carbocycles. The average molecular weight is 260 g/mol. The third-order valence-electron chi connectivity index (χ3n) is 2.71. The van der Waals surface area contributed by atoms with Crippen LogP contribution in [0.3, 0.4) is 0 Å². The fraction of sp³-hybridized carbons (Fsp3) is 0.286. The molecular weight excluding hydrogens is 244 g/mol. The van der Waals surface area contributed by atoms with E-state index in [0.717, 1.165) is 29.3 Å². The Labute approximate surface area is 112 Å². The molecule has 0 radical (unpaired) electrons. The highest BCUT2D eigenvalue weighted by Crippen LogP contribution is 2.22. The number of fused-ring (bicyclic) bond motifs is 1. The quantitative estimate of drug-likeness (QED) is 0.663. The van der Waals surface area contributed by atoms with Gasteiger partial charge in [-0.2, -0.15) is 0 Å². The van der Waals surface area contributed by atoms with E-state index in [1.54, 1.807) is 0 Å². The summed E-state index contributed by atoms with van der Waals surface area (Å²) in [5.74, 6) is 0.588. The van der Waals surface area contributed by atoms with Gasteiger partial charge in [-0.05, 0) is 12.5 Å². The van der Waals surface area contributed by atoms with Gasteiger partial charge in [0.2, 0.25) is 5.88 Å². The van der Waals surface area contributed by atoms with Gasteiger partial charge in [-0.3, -0.25) is 0 Å². The molecule has 0 aliphatic carbocycles. The van der Waals surface area contributed by atoms with E-state index in [2.05, 4.69) is 11.9 Å². The van der Waals surface area contributed by atoms with Crippen LogP contribution in [0.5, 0.6) is 5.88 Å². The molecule has 94 valence electrons. The Morgan fingerprint density at radius 2 is 2.17 bits per heavy atom. The molecule has 0 atom stereocenters. The Bertz CT molecular complexity index is 569. The zero-order valence-corrected chi connectivity index (χ0v) is 11.2. The van der Waals surface area contributed by atoms with Crippen molar-refractivity contribution in [1.29, 1.82) is 0 Å². The van der Waals surface area contributed by atoms with Gasteiger partial charge in [0, 0.05) is 17.0 Å². The second-order valence-electron chi connectivity index (χ2n) is 4.09. The summed E-state index contributed by atoms with van der Waals surface area (Å²) in [7, 11) is 0. The fourth-order valence-corrected chi connectivity index (χ4v) is 1.92. The summed E-state index contributed by atoms with van der Waals surface area (Å²) in [4.78, 5) is 4.82. The van der Waals surface area contributed by atoms with Crippen LogP contribution in [0.15, 0.2) is 30.3 Å². The molecule has 0 saturated heterocycles. The lowest BCUT2D eigenvalue weighted by Gasteiger charge is -2.09. The predicted octanol–water partition coefficient (Wildman–Crippen LogP) is 3.05. The molecule has 0 bridgehead atoms. The number of unbranched alkanes of at least 4 members (excludes halogenated alkanes) is 1. The van der Waals surface area contributed by atoms with Crippen LogP contribution in [0.2, 0.25) is 0 Å². The van der Waals surface area contributed by atoms with Crippen molar-refractivity contribution in [3.8, 4) is 5.88 Å². The minimum atomic E-state index is 0.369. The van der Waals surface area contributed by atoms with E-state index in [1.165, 1.54) is 0 Å². The van der Waals surface area contributed by atoms with Crippen molar-refractivity contribution >= 4 is 28.1 Å². The number of nitrogens with two attached hydrogens (primary N) is 1. The second kappa shape index (κ2) is 5.78. The van der Waals surface area contributed by atoms with Crippen LogP contribution in [-0.4, -0.2) is 16.6 Å². The standard InChI is InChI=1S/C14H16N2OS/c1-2-3-8-17-13-9-11(14(15)18)10-6-4-5-7-12(10)16-13/h4-7,9H,2-3,8H2,1H3,(H2,15,18). The number of ether oxygens (including phenoxy) is 1. The number of aromatic nitrogens is 1. The van der Waals surface area contributed by atoms with Crippen LogP contribution >= 0.6 is 12.2 Å². The van der Waals surface area contributed by atoms with Crippen LogP contribution in [-0.2, 0) is 0 Å². The average Bonchev–Trinajstić information content (AvgIpc) is 2.38. The maximum atomic E-state index is 5.75. The molecule has 0 unspecified atom stereocenters. The summed E-state index contributed by atoms with van der Waals surface area (Å²) in [6.45, 7) is 2.79. The molecule has 4 heteroatoms. The third-order valence-corrected chi connectivity index (χ3v) is 2.93. The Hall–Kier alpha value is -1.68. The van der Waals surface area contributed by atoms with E-state index in [-0.39, 0.29) is 0 Å². The van der Waals surface area contributed by atoms with Crippen LogP contribution in [0.25, 0.3) is 10.9 Å². The summed E-state index contributed by atoms with van der Waals surface area (Å²) in [6.07, 6.45) is 2.10. The molecule has 1 heterocycles. The highest BCUT2D eigenvalue weighted by molar-refractivity contribution is 7.80. The fourth-order valence-electron chi connectivity index (χ4n) is 1.75.